The number of thioether (sulfide) groups is 1. The second kappa shape index (κ2) is 15.2. The Labute approximate surface area is 344 Å². The molecule has 12 heteroatoms. The Bertz CT molecular complexity index is 2460. The van der Waals surface area contributed by atoms with Gasteiger partial charge in [-0.05, 0) is 125 Å². The van der Waals surface area contributed by atoms with E-state index in [0.29, 0.717) is 12.2 Å². The van der Waals surface area contributed by atoms with Crippen molar-refractivity contribution >= 4 is 33.5 Å². The number of fused-ring (bicyclic) bond motifs is 8. The van der Waals surface area contributed by atoms with E-state index >= 15 is 0 Å². The molecule has 0 amide bonds. The molecule has 0 spiro atoms. The van der Waals surface area contributed by atoms with E-state index in [0.717, 1.165) is 61.6 Å². The average Bonchev–Trinajstić information content (AvgIpc) is 4.06. The molecule has 0 fully saturated rings. The summed E-state index contributed by atoms with van der Waals surface area (Å²) < 4.78 is 35.9. The Balaban J connectivity index is 1.33. The van der Waals surface area contributed by atoms with Gasteiger partial charge in [0.25, 0.3) is 0 Å². The van der Waals surface area contributed by atoms with Crippen molar-refractivity contribution < 1.29 is 27.5 Å². The predicted molar refractivity (Wildman–Crippen MR) is 227 cm³/mol. The first kappa shape index (κ1) is 41.0. The molecule has 1 aliphatic heterocycles. The Morgan fingerprint density at radius 3 is 1.24 bits per heavy atom. The molecule has 0 aliphatic carbocycles. The first-order valence-corrected chi connectivity index (χ1v) is 22.1. The number of hydrogen-bond acceptors (Lipinski definition) is 7. The molecule has 7 rings (SSSR count). The van der Waals surface area contributed by atoms with Gasteiger partial charge in [-0.15, -0.1) is 11.8 Å². The molecule has 0 atom stereocenters. The van der Waals surface area contributed by atoms with Crippen molar-refractivity contribution in [1.82, 2.24) is 19.9 Å². The van der Waals surface area contributed by atoms with Crippen LogP contribution in [0.25, 0.3) is 0 Å². The first-order chi connectivity index (χ1) is 27.4. The van der Waals surface area contributed by atoms with Crippen LogP contribution in [0.4, 0.5) is 0 Å². The maximum absolute atomic E-state index is 13.2. The van der Waals surface area contributed by atoms with Crippen LogP contribution in [0.15, 0.2) is 107 Å². The van der Waals surface area contributed by atoms with Gasteiger partial charge in [-0.2, -0.15) is 0 Å². The van der Waals surface area contributed by atoms with Gasteiger partial charge in [0.2, 0.25) is 0 Å². The standard InChI is InChI=1S/C46H52N4O6S2/c1-43(2)33-17-21-37(47-33)45(5,29-9-13-31(14-10-29)57-27-25-41(51)55-7)38-22-18-34(48-38)44(3,4)36-20-24-40(50-36)46(6,39-23-19-35(43)49-39)30-11-15-32(16-12-30)58(53,54)28-26-42(52)56-8/h9-24,47-50H,25-28H2,1-8H3. The highest BCUT2D eigenvalue weighted by atomic mass is 32.2. The molecular weight excluding hydrogens is 769 g/mol. The van der Waals surface area contributed by atoms with E-state index in [4.69, 9.17) is 4.74 Å². The van der Waals surface area contributed by atoms with E-state index in [1.165, 1.54) is 14.2 Å². The summed E-state index contributed by atoms with van der Waals surface area (Å²) in [6, 6.07) is 32.8. The van der Waals surface area contributed by atoms with E-state index in [-0.39, 0.29) is 23.0 Å². The summed E-state index contributed by atoms with van der Waals surface area (Å²) in [5.41, 5.74) is 7.86. The minimum Gasteiger partial charge on any atom is -0.469 e. The van der Waals surface area contributed by atoms with Gasteiger partial charge in [0.1, 0.15) is 0 Å². The van der Waals surface area contributed by atoms with Crippen molar-refractivity contribution in [2.45, 2.75) is 85.8 Å². The highest BCUT2D eigenvalue weighted by Crippen LogP contribution is 2.45. The van der Waals surface area contributed by atoms with Crippen molar-refractivity contribution in [2.75, 3.05) is 25.7 Å². The maximum atomic E-state index is 13.2. The van der Waals surface area contributed by atoms with Crippen molar-refractivity contribution in [2.24, 2.45) is 0 Å². The molecule has 0 radical (unpaired) electrons. The maximum Gasteiger partial charge on any atom is 0.306 e. The predicted octanol–water partition coefficient (Wildman–Crippen LogP) is 8.66. The number of hydrogen-bond donors (Lipinski definition) is 4. The highest BCUT2D eigenvalue weighted by molar-refractivity contribution is 7.99. The summed E-state index contributed by atoms with van der Waals surface area (Å²) in [6.45, 7) is 13.2. The van der Waals surface area contributed by atoms with Gasteiger partial charge in [-0.3, -0.25) is 9.59 Å². The molecule has 304 valence electrons. The number of rotatable bonds is 10. The summed E-state index contributed by atoms with van der Waals surface area (Å²) in [5.74, 6) is -0.463. The lowest BCUT2D eigenvalue weighted by Crippen LogP contribution is -2.30. The lowest BCUT2D eigenvalue weighted by molar-refractivity contribution is -0.141. The Morgan fingerprint density at radius 1 is 0.517 bits per heavy atom. The minimum atomic E-state index is -3.71. The number of sulfone groups is 1. The average molecular weight is 821 g/mol. The van der Waals surface area contributed by atoms with Crippen LogP contribution in [0.5, 0.6) is 0 Å². The summed E-state index contributed by atoms with van der Waals surface area (Å²) in [7, 11) is -1.04. The van der Waals surface area contributed by atoms with Gasteiger partial charge in [0.15, 0.2) is 9.84 Å². The Kier molecular flexibility index (Phi) is 10.7. The van der Waals surface area contributed by atoms with E-state index in [9.17, 15) is 18.0 Å². The summed E-state index contributed by atoms with van der Waals surface area (Å²) >= 11 is 1.63. The fraction of sp³-hybridized carbons (Fsp3) is 0.348. The van der Waals surface area contributed by atoms with Gasteiger partial charge < -0.3 is 29.4 Å². The Hall–Kier alpha value is -5.20. The quantitative estimate of drug-likeness (QED) is 0.0798. The number of aromatic nitrogens is 4. The van der Waals surface area contributed by atoms with Gasteiger partial charge in [0, 0.05) is 67.0 Å². The largest absolute Gasteiger partial charge is 0.469 e. The van der Waals surface area contributed by atoms with Crippen molar-refractivity contribution in [3.8, 4) is 0 Å². The van der Waals surface area contributed by atoms with Crippen molar-refractivity contribution in [3.05, 3.63) is 154 Å². The normalized spacial score (nSPS) is 19.7. The number of carbonyl (C=O) groups is 2. The van der Waals surface area contributed by atoms with Gasteiger partial charge >= 0.3 is 11.9 Å². The molecule has 2 aromatic carbocycles. The summed E-state index contributed by atoms with van der Waals surface area (Å²) in [4.78, 5) is 40.1. The molecule has 0 unspecified atom stereocenters. The molecule has 4 aromatic heterocycles. The van der Waals surface area contributed by atoms with E-state index < -0.39 is 37.5 Å². The zero-order valence-corrected chi connectivity index (χ0v) is 36.0. The number of benzene rings is 2. The van der Waals surface area contributed by atoms with E-state index in [1.807, 2.05) is 12.1 Å². The van der Waals surface area contributed by atoms with Crippen molar-refractivity contribution in [1.29, 1.82) is 0 Å². The molecule has 8 bridgehead atoms. The van der Waals surface area contributed by atoms with Crippen LogP contribution in [0, 0.1) is 0 Å². The third-order valence-electron chi connectivity index (χ3n) is 12.4. The van der Waals surface area contributed by atoms with Crippen LogP contribution in [0.1, 0.15) is 111 Å². The van der Waals surface area contributed by atoms with Gasteiger partial charge in [-0.1, -0.05) is 24.3 Å². The van der Waals surface area contributed by atoms with Crippen LogP contribution >= 0.6 is 11.8 Å². The number of ether oxygens (including phenoxy) is 2. The number of esters is 2. The number of aromatic amines is 4. The number of methoxy groups -OCH3 is 2. The molecule has 1 aliphatic rings. The topological polar surface area (TPSA) is 150 Å². The SMILES string of the molecule is COC(=O)CCSc1ccc(C2(C)c3ccc([nH]3)C(C)(C)c3ccc([nH]3)C(C)(c3ccc(S(=O)(=O)CCC(=O)OC)cc3)c3ccc([nH]3)C(C)(C)c3ccc2[nH]3)cc1. The fourth-order valence-corrected chi connectivity index (χ4v) is 10.1. The smallest absolute Gasteiger partial charge is 0.306 e. The molecule has 6 aromatic rings. The van der Waals surface area contributed by atoms with E-state index in [2.05, 4.69) is 139 Å². The molecule has 0 saturated heterocycles. The van der Waals surface area contributed by atoms with Crippen LogP contribution in [0.3, 0.4) is 0 Å². The monoisotopic (exact) mass is 820 g/mol. The van der Waals surface area contributed by atoms with Gasteiger partial charge in [-0.25, -0.2) is 8.42 Å². The lowest BCUT2D eigenvalue weighted by Gasteiger charge is -2.32. The van der Waals surface area contributed by atoms with E-state index in [1.54, 1.807) is 23.9 Å². The molecule has 10 nitrogen and oxygen atoms in total. The summed E-state index contributed by atoms with van der Waals surface area (Å²) in [6.07, 6.45) is 0.143. The van der Waals surface area contributed by atoms with Crippen LogP contribution in [-0.2, 0) is 50.6 Å². The fourth-order valence-electron chi connectivity index (χ4n) is 8.08. The molecule has 0 saturated carbocycles. The minimum absolute atomic E-state index is 0.154. The third kappa shape index (κ3) is 7.14. The number of carbonyl (C=O) groups excluding carboxylic acids is 2. The van der Waals surface area contributed by atoms with Crippen LogP contribution in [-0.4, -0.2) is 66.0 Å². The molecule has 58 heavy (non-hydrogen) atoms. The van der Waals surface area contributed by atoms with Crippen LogP contribution in [0.2, 0.25) is 0 Å². The number of nitrogens with one attached hydrogen (secondary N) is 4. The molecule has 5 heterocycles. The lowest BCUT2D eigenvalue weighted by atomic mass is 9.76. The molecular formula is C46H52N4O6S2. The Morgan fingerprint density at radius 2 is 0.862 bits per heavy atom. The molecule has 4 N–H and O–H groups in total. The third-order valence-corrected chi connectivity index (χ3v) is 15.2. The second-order valence-electron chi connectivity index (χ2n) is 16.5. The van der Waals surface area contributed by atoms with Crippen molar-refractivity contribution in [3.63, 3.8) is 0 Å². The van der Waals surface area contributed by atoms with Crippen LogP contribution < -0.4 is 0 Å². The second-order valence-corrected chi connectivity index (χ2v) is 19.8. The number of H-pyrrole nitrogens is 4. The van der Waals surface area contributed by atoms with Gasteiger partial charge in [0.05, 0.1) is 48.5 Å². The summed E-state index contributed by atoms with van der Waals surface area (Å²) in [5, 5.41) is 0. The first-order valence-electron chi connectivity index (χ1n) is 19.4. The highest BCUT2D eigenvalue weighted by Gasteiger charge is 2.41. The zero-order chi connectivity index (χ0) is 41.7. The zero-order valence-electron chi connectivity index (χ0n) is 34.3.